The number of carboxylic acid groups (broad SMARTS) is 1. The summed E-state index contributed by atoms with van der Waals surface area (Å²) in [6.45, 7) is 4.10. The molecule has 2 aliphatic rings. The highest BCUT2D eigenvalue weighted by Gasteiger charge is 2.33. The summed E-state index contributed by atoms with van der Waals surface area (Å²) in [4.78, 5) is 64.4. The number of nitrogens with zero attached hydrogens (tertiary/aromatic N) is 5. The lowest BCUT2D eigenvalue weighted by Crippen LogP contribution is -2.56. The molecule has 0 bridgehead atoms. The quantitative estimate of drug-likeness (QED) is 0.463. The number of carbonyl (C=O) groups excluding carboxylic acids is 3. The molecule has 0 unspecified atom stereocenters. The average Bonchev–Trinajstić information content (AvgIpc) is 3.46. The van der Waals surface area contributed by atoms with Crippen LogP contribution in [0.5, 0.6) is 0 Å². The second-order valence-electron chi connectivity index (χ2n) is 9.53. The molecular weight excluding hydrogens is 520 g/mol. The first kappa shape index (κ1) is 28.7. The van der Waals surface area contributed by atoms with Crippen LogP contribution in [0.3, 0.4) is 0 Å². The van der Waals surface area contributed by atoms with Gasteiger partial charge in [0.05, 0.1) is 19.1 Å². The molecule has 3 heterocycles. The molecule has 13 nitrogen and oxygen atoms in total. The van der Waals surface area contributed by atoms with Crippen LogP contribution in [0.4, 0.5) is 10.6 Å². The molecule has 0 spiro atoms. The van der Waals surface area contributed by atoms with Crippen molar-refractivity contribution in [3.63, 3.8) is 0 Å². The number of methoxy groups -OCH3 is 1. The van der Waals surface area contributed by atoms with Gasteiger partial charge in [0.1, 0.15) is 17.6 Å². The van der Waals surface area contributed by atoms with E-state index in [2.05, 4.69) is 15.3 Å². The Morgan fingerprint density at radius 3 is 2.38 bits per heavy atom. The van der Waals surface area contributed by atoms with Gasteiger partial charge in [-0.05, 0) is 13.3 Å². The van der Waals surface area contributed by atoms with E-state index in [0.717, 1.165) is 6.42 Å². The van der Waals surface area contributed by atoms with Crippen molar-refractivity contribution in [1.82, 2.24) is 25.1 Å². The van der Waals surface area contributed by atoms with Gasteiger partial charge < -0.3 is 34.6 Å². The van der Waals surface area contributed by atoms with Crippen molar-refractivity contribution < 1.29 is 33.8 Å². The van der Waals surface area contributed by atoms with E-state index in [1.165, 1.54) is 9.80 Å². The van der Waals surface area contributed by atoms with Gasteiger partial charge in [0.25, 0.3) is 5.91 Å². The van der Waals surface area contributed by atoms with Crippen molar-refractivity contribution in [3.05, 3.63) is 42.1 Å². The van der Waals surface area contributed by atoms with E-state index in [1.807, 2.05) is 35.2 Å². The highest BCUT2D eigenvalue weighted by atomic mass is 16.6. The summed E-state index contributed by atoms with van der Waals surface area (Å²) in [5, 5.41) is 12.1. The van der Waals surface area contributed by atoms with E-state index in [9.17, 15) is 24.3 Å². The van der Waals surface area contributed by atoms with E-state index in [1.54, 1.807) is 20.1 Å². The fourth-order valence-corrected chi connectivity index (χ4v) is 4.71. The van der Waals surface area contributed by atoms with Crippen LogP contribution in [-0.4, -0.2) is 114 Å². The van der Waals surface area contributed by atoms with Gasteiger partial charge >= 0.3 is 12.1 Å². The molecular formula is C27H34N6O7. The van der Waals surface area contributed by atoms with Crippen molar-refractivity contribution in [3.8, 4) is 11.4 Å². The molecule has 40 heavy (non-hydrogen) atoms. The van der Waals surface area contributed by atoms with E-state index in [0.29, 0.717) is 30.3 Å². The zero-order valence-corrected chi connectivity index (χ0v) is 22.6. The summed E-state index contributed by atoms with van der Waals surface area (Å²) in [5.74, 6) is -1.60. The van der Waals surface area contributed by atoms with E-state index in [-0.39, 0.29) is 44.6 Å². The summed E-state index contributed by atoms with van der Waals surface area (Å²) in [7, 11) is 1.65. The SMILES string of the molecule is CCOC(=O)N1CCN(C(=O)[C@H](CC(=O)O)NC(=O)c2cc(N3CC[C@H](OC)C3)nc(-c3ccccc3)n2)CC1. The zero-order valence-electron chi connectivity index (χ0n) is 22.6. The summed E-state index contributed by atoms with van der Waals surface area (Å²) in [6, 6.07) is 9.42. The Balaban J connectivity index is 1.54. The fraction of sp³-hybridized carbons (Fsp3) is 0.481. The van der Waals surface area contributed by atoms with Gasteiger partial charge in [-0.25, -0.2) is 14.8 Å². The Hall–Kier alpha value is -4.26. The van der Waals surface area contributed by atoms with Crippen LogP contribution in [0.2, 0.25) is 0 Å². The first-order valence-corrected chi connectivity index (χ1v) is 13.2. The molecule has 3 amide bonds. The van der Waals surface area contributed by atoms with E-state index >= 15 is 0 Å². The predicted octanol–water partition coefficient (Wildman–Crippen LogP) is 1.24. The van der Waals surface area contributed by atoms with Gasteiger partial charge in [0, 0.05) is 58.0 Å². The predicted molar refractivity (Wildman–Crippen MR) is 144 cm³/mol. The number of piperazine rings is 1. The highest BCUT2D eigenvalue weighted by Crippen LogP contribution is 2.24. The summed E-state index contributed by atoms with van der Waals surface area (Å²) in [6.07, 6.45) is -0.224. The number of amides is 3. The number of ether oxygens (including phenoxy) is 2. The number of hydrogen-bond acceptors (Lipinski definition) is 9. The standard InChI is InChI=1S/C27H34N6O7/c1-3-40-27(38)32-13-11-31(12-14-32)26(37)21(16-23(34)35)29-25(36)20-15-22(33-10-9-19(17-33)39-2)30-24(28-20)18-7-5-4-6-8-18/h4-8,15,19,21H,3,9-14,16-17H2,1-2H3,(H,29,36)(H,34,35)/t19-,21-/m0/s1. The van der Waals surface area contributed by atoms with Gasteiger partial charge in [-0.2, -0.15) is 0 Å². The first-order chi connectivity index (χ1) is 19.3. The molecule has 2 fully saturated rings. The third kappa shape index (κ3) is 7.03. The van der Waals surface area contributed by atoms with Crippen LogP contribution < -0.4 is 10.2 Å². The summed E-state index contributed by atoms with van der Waals surface area (Å²) >= 11 is 0. The van der Waals surface area contributed by atoms with E-state index < -0.39 is 36.3 Å². The molecule has 4 rings (SSSR count). The molecule has 2 atom stereocenters. The maximum atomic E-state index is 13.4. The summed E-state index contributed by atoms with van der Waals surface area (Å²) in [5.41, 5.74) is 0.721. The minimum atomic E-state index is -1.32. The lowest BCUT2D eigenvalue weighted by atomic mass is 10.1. The number of anilines is 1. The number of aliphatic carboxylic acids is 1. The number of benzene rings is 1. The smallest absolute Gasteiger partial charge is 0.409 e. The molecule has 0 radical (unpaired) electrons. The maximum Gasteiger partial charge on any atom is 0.409 e. The largest absolute Gasteiger partial charge is 0.481 e. The van der Waals surface area contributed by atoms with Crippen LogP contribution in [0.15, 0.2) is 36.4 Å². The van der Waals surface area contributed by atoms with Crippen LogP contribution in [0.1, 0.15) is 30.3 Å². The average molecular weight is 555 g/mol. The lowest BCUT2D eigenvalue weighted by molar-refractivity contribution is -0.143. The number of hydrogen-bond donors (Lipinski definition) is 2. The van der Waals surface area contributed by atoms with Gasteiger partial charge in [-0.1, -0.05) is 30.3 Å². The first-order valence-electron chi connectivity index (χ1n) is 13.2. The molecule has 1 aromatic carbocycles. The second kappa shape index (κ2) is 13.2. The summed E-state index contributed by atoms with van der Waals surface area (Å²) < 4.78 is 10.5. The highest BCUT2D eigenvalue weighted by molar-refractivity contribution is 5.98. The number of carbonyl (C=O) groups is 4. The normalized spacial score (nSPS) is 17.9. The van der Waals surface area contributed by atoms with Crippen LogP contribution >= 0.6 is 0 Å². The molecule has 0 aliphatic carbocycles. The van der Waals surface area contributed by atoms with Crippen molar-refractivity contribution in [2.24, 2.45) is 0 Å². The van der Waals surface area contributed by atoms with Crippen LogP contribution in [-0.2, 0) is 19.1 Å². The molecule has 0 saturated carbocycles. The van der Waals surface area contributed by atoms with Crippen molar-refractivity contribution in [1.29, 1.82) is 0 Å². The number of aromatic nitrogens is 2. The number of rotatable bonds is 9. The Labute approximate surface area is 232 Å². The van der Waals surface area contributed by atoms with E-state index in [4.69, 9.17) is 9.47 Å². The Kier molecular flexibility index (Phi) is 9.48. The Bertz CT molecular complexity index is 1220. The maximum absolute atomic E-state index is 13.4. The minimum absolute atomic E-state index is 0.0139. The molecule has 2 aromatic rings. The monoisotopic (exact) mass is 554 g/mol. The van der Waals surface area contributed by atoms with Crippen LogP contribution in [0, 0.1) is 0 Å². The lowest BCUT2D eigenvalue weighted by Gasteiger charge is -2.35. The van der Waals surface area contributed by atoms with Gasteiger partial charge in [-0.3, -0.25) is 14.4 Å². The molecule has 2 saturated heterocycles. The second-order valence-corrected chi connectivity index (χ2v) is 9.53. The number of carboxylic acids is 1. The molecule has 2 aliphatic heterocycles. The Morgan fingerprint density at radius 1 is 1.05 bits per heavy atom. The molecule has 214 valence electrons. The fourth-order valence-electron chi connectivity index (χ4n) is 4.71. The third-order valence-electron chi connectivity index (χ3n) is 6.88. The Morgan fingerprint density at radius 2 is 1.75 bits per heavy atom. The van der Waals surface area contributed by atoms with Gasteiger partial charge in [0.2, 0.25) is 5.91 Å². The molecule has 1 aromatic heterocycles. The topological polar surface area (TPSA) is 154 Å². The van der Waals surface area contributed by atoms with Crippen molar-refractivity contribution in [2.45, 2.75) is 31.9 Å². The van der Waals surface area contributed by atoms with Gasteiger partial charge in [0.15, 0.2) is 5.82 Å². The van der Waals surface area contributed by atoms with Gasteiger partial charge in [-0.15, -0.1) is 0 Å². The third-order valence-corrected chi connectivity index (χ3v) is 6.88. The van der Waals surface area contributed by atoms with Crippen molar-refractivity contribution in [2.75, 3.05) is 57.9 Å². The zero-order chi connectivity index (χ0) is 28.6. The van der Waals surface area contributed by atoms with Crippen molar-refractivity contribution >= 4 is 29.7 Å². The number of nitrogens with one attached hydrogen (secondary N) is 1. The molecule has 2 N–H and O–H groups in total. The minimum Gasteiger partial charge on any atom is -0.481 e. The van der Waals surface area contributed by atoms with Crippen LogP contribution in [0.25, 0.3) is 11.4 Å². The molecule has 13 heteroatoms.